The Labute approximate surface area is 120 Å². The molecule has 0 N–H and O–H groups in total. The molecule has 4 nitrogen and oxygen atoms in total. The summed E-state index contributed by atoms with van der Waals surface area (Å²) < 4.78 is 8.00. The summed E-state index contributed by atoms with van der Waals surface area (Å²) >= 11 is 3.42. The summed E-state index contributed by atoms with van der Waals surface area (Å²) in [5.74, 6) is 0.685. The Morgan fingerprint density at radius 2 is 2.21 bits per heavy atom. The van der Waals surface area contributed by atoms with E-state index in [2.05, 4.69) is 20.9 Å². The number of rotatable bonds is 4. The van der Waals surface area contributed by atoms with Crippen LogP contribution in [-0.4, -0.2) is 9.55 Å². The molecule has 0 unspecified atom stereocenters. The second kappa shape index (κ2) is 6.02. The van der Waals surface area contributed by atoms with Crippen molar-refractivity contribution in [3.63, 3.8) is 0 Å². The van der Waals surface area contributed by atoms with Crippen molar-refractivity contribution in [1.82, 2.24) is 9.55 Å². The molecule has 0 fully saturated rings. The summed E-state index contributed by atoms with van der Waals surface area (Å²) in [6.07, 6.45) is 4.13. The monoisotopic (exact) mass is 322 g/mol. The van der Waals surface area contributed by atoms with Crippen molar-refractivity contribution >= 4 is 15.9 Å². The maximum Gasteiger partial charge on any atom is 0.313 e. The Morgan fingerprint density at radius 1 is 1.42 bits per heavy atom. The highest BCUT2D eigenvalue weighted by atomic mass is 79.9. The molecule has 2 aromatic rings. The van der Waals surface area contributed by atoms with Crippen LogP contribution in [-0.2, 0) is 6.54 Å². The molecule has 0 aliphatic heterocycles. The third-order valence-electron chi connectivity index (χ3n) is 2.64. The van der Waals surface area contributed by atoms with Gasteiger partial charge in [-0.2, -0.15) is 0 Å². The van der Waals surface area contributed by atoms with Gasteiger partial charge in [-0.1, -0.05) is 13.0 Å². The van der Waals surface area contributed by atoms with Crippen LogP contribution in [0.4, 0.5) is 0 Å². The molecular weight excluding hydrogens is 308 g/mol. The first-order valence-corrected chi connectivity index (χ1v) is 6.90. The maximum atomic E-state index is 12.1. The van der Waals surface area contributed by atoms with E-state index in [1.165, 1.54) is 0 Å². The maximum absolute atomic E-state index is 12.1. The molecule has 0 aliphatic rings. The summed E-state index contributed by atoms with van der Waals surface area (Å²) in [6, 6.07) is 5.67. The van der Waals surface area contributed by atoms with Crippen LogP contribution in [0.1, 0.15) is 18.9 Å². The number of aryl methyl sites for hydroxylation is 2. The predicted octanol–water partition coefficient (Wildman–Crippen LogP) is 3.52. The zero-order valence-corrected chi connectivity index (χ0v) is 12.5. The van der Waals surface area contributed by atoms with Crippen LogP contribution >= 0.6 is 15.9 Å². The molecule has 0 atom stereocenters. The van der Waals surface area contributed by atoms with Crippen LogP contribution in [0, 0.1) is 6.92 Å². The van der Waals surface area contributed by atoms with Gasteiger partial charge in [0, 0.05) is 18.9 Å². The molecule has 19 heavy (non-hydrogen) atoms. The van der Waals surface area contributed by atoms with Crippen LogP contribution in [0.3, 0.4) is 0 Å². The molecular formula is C14H15BrN2O2. The number of halogens is 1. The lowest BCUT2D eigenvalue weighted by atomic mass is 10.2. The number of aromatic nitrogens is 2. The van der Waals surface area contributed by atoms with Crippen LogP contribution in [0.2, 0.25) is 0 Å². The molecule has 1 aromatic carbocycles. The Morgan fingerprint density at radius 3 is 2.89 bits per heavy atom. The average molecular weight is 323 g/mol. The van der Waals surface area contributed by atoms with Crippen LogP contribution in [0.15, 0.2) is 39.9 Å². The van der Waals surface area contributed by atoms with Crippen molar-refractivity contribution in [1.29, 1.82) is 0 Å². The standard InChI is InChI=1S/C14H15BrN2O2/c1-3-7-17-8-6-16-13(14(17)18)19-12-5-4-10(2)9-11(12)15/h4-6,8-9H,3,7H2,1-2H3. The normalized spacial score (nSPS) is 10.5. The largest absolute Gasteiger partial charge is 0.433 e. The Bertz CT molecular complexity index is 638. The molecule has 100 valence electrons. The van der Waals surface area contributed by atoms with Crippen molar-refractivity contribution in [3.8, 4) is 11.6 Å². The molecule has 0 radical (unpaired) electrons. The van der Waals surface area contributed by atoms with Gasteiger partial charge in [0.1, 0.15) is 5.75 Å². The second-order valence-corrected chi connectivity index (χ2v) is 5.12. The van der Waals surface area contributed by atoms with Gasteiger partial charge in [-0.25, -0.2) is 4.98 Å². The number of benzene rings is 1. The van der Waals surface area contributed by atoms with Gasteiger partial charge >= 0.3 is 5.56 Å². The molecule has 1 aromatic heterocycles. The molecule has 0 saturated carbocycles. The van der Waals surface area contributed by atoms with E-state index in [4.69, 9.17) is 4.74 Å². The van der Waals surface area contributed by atoms with E-state index in [9.17, 15) is 4.79 Å². The average Bonchev–Trinajstić information content (AvgIpc) is 2.37. The summed E-state index contributed by atoms with van der Waals surface area (Å²) in [5, 5.41) is 0. The summed E-state index contributed by atoms with van der Waals surface area (Å²) in [4.78, 5) is 16.1. The van der Waals surface area contributed by atoms with Gasteiger partial charge in [-0.15, -0.1) is 0 Å². The fourth-order valence-electron chi connectivity index (χ4n) is 1.71. The third kappa shape index (κ3) is 3.23. The van der Waals surface area contributed by atoms with Gasteiger partial charge in [-0.05, 0) is 47.0 Å². The summed E-state index contributed by atoms with van der Waals surface area (Å²) in [7, 11) is 0. The molecule has 5 heteroatoms. The van der Waals surface area contributed by atoms with E-state index >= 15 is 0 Å². The van der Waals surface area contributed by atoms with Gasteiger partial charge in [0.2, 0.25) is 0 Å². The first kappa shape index (κ1) is 13.8. The van der Waals surface area contributed by atoms with Gasteiger partial charge in [0.05, 0.1) is 4.47 Å². The molecule has 0 spiro atoms. The van der Waals surface area contributed by atoms with E-state index < -0.39 is 0 Å². The summed E-state index contributed by atoms with van der Waals surface area (Å²) in [5.41, 5.74) is 0.903. The lowest BCUT2D eigenvalue weighted by Gasteiger charge is -2.09. The summed E-state index contributed by atoms with van der Waals surface area (Å²) in [6.45, 7) is 4.67. The Hall–Kier alpha value is -1.62. The number of hydrogen-bond donors (Lipinski definition) is 0. The van der Waals surface area contributed by atoms with Crippen LogP contribution in [0.25, 0.3) is 0 Å². The highest BCUT2D eigenvalue weighted by Crippen LogP contribution is 2.28. The highest BCUT2D eigenvalue weighted by Gasteiger charge is 2.09. The highest BCUT2D eigenvalue weighted by molar-refractivity contribution is 9.10. The van der Waals surface area contributed by atoms with Crippen molar-refractivity contribution in [2.24, 2.45) is 0 Å². The minimum atomic E-state index is -0.211. The van der Waals surface area contributed by atoms with Crippen molar-refractivity contribution < 1.29 is 4.74 Å². The van der Waals surface area contributed by atoms with E-state index in [1.54, 1.807) is 17.0 Å². The number of nitrogens with zero attached hydrogens (tertiary/aromatic N) is 2. The van der Waals surface area contributed by atoms with Gasteiger partial charge in [-0.3, -0.25) is 4.79 Å². The smallest absolute Gasteiger partial charge is 0.313 e. The first-order valence-electron chi connectivity index (χ1n) is 6.11. The molecule has 2 rings (SSSR count). The van der Waals surface area contributed by atoms with Gasteiger partial charge in [0.25, 0.3) is 5.88 Å². The minimum absolute atomic E-state index is 0.0977. The van der Waals surface area contributed by atoms with Crippen molar-refractivity contribution in [3.05, 3.63) is 51.0 Å². The minimum Gasteiger partial charge on any atom is -0.433 e. The number of hydrogen-bond acceptors (Lipinski definition) is 3. The number of ether oxygens (including phenoxy) is 1. The fraction of sp³-hybridized carbons (Fsp3) is 0.286. The lowest BCUT2D eigenvalue weighted by molar-refractivity contribution is 0.441. The van der Waals surface area contributed by atoms with Crippen molar-refractivity contribution in [2.45, 2.75) is 26.8 Å². The fourth-order valence-corrected chi connectivity index (χ4v) is 2.28. The third-order valence-corrected chi connectivity index (χ3v) is 3.26. The lowest BCUT2D eigenvalue weighted by Crippen LogP contribution is -2.21. The Balaban J connectivity index is 2.33. The quantitative estimate of drug-likeness (QED) is 0.865. The van der Waals surface area contributed by atoms with Crippen LogP contribution in [0.5, 0.6) is 11.6 Å². The molecule has 1 heterocycles. The molecule has 0 bridgehead atoms. The molecule has 0 aliphatic carbocycles. The van der Waals surface area contributed by atoms with E-state index in [-0.39, 0.29) is 11.4 Å². The topological polar surface area (TPSA) is 44.1 Å². The molecule has 0 saturated heterocycles. The first-order chi connectivity index (χ1) is 9.11. The second-order valence-electron chi connectivity index (χ2n) is 4.27. The zero-order chi connectivity index (χ0) is 13.8. The van der Waals surface area contributed by atoms with Gasteiger partial charge in [0.15, 0.2) is 0 Å². The van der Waals surface area contributed by atoms with Crippen LogP contribution < -0.4 is 10.3 Å². The predicted molar refractivity (Wildman–Crippen MR) is 77.7 cm³/mol. The van der Waals surface area contributed by atoms with E-state index in [0.717, 1.165) is 16.5 Å². The SMILES string of the molecule is CCCn1ccnc(Oc2ccc(C)cc2Br)c1=O. The Kier molecular flexibility index (Phi) is 4.37. The van der Waals surface area contributed by atoms with E-state index in [0.29, 0.717) is 12.3 Å². The van der Waals surface area contributed by atoms with E-state index in [1.807, 2.05) is 32.0 Å². The van der Waals surface area contributed by atoms with Gasteiger partial charge < -0.3 is 9.30 Å². The van der Waals surface area contributed by atoms with Crippen molar-refractivity contribution in [2.75, 3.05) is 0 Å². The molecule has 0 amide bonds. The zero-order valence-electron chi connectivity index (χ0n) is 10.9.